The van der Waals surface area contributed by atoms with E-state index in [-0.39, 0.29) is 18.4 Å². The first-order chi connectivity index (χ1) is 6.50. The monoisotopic (exact) mass is 199 g/mol. The van der Waals surface area contributed by atoms with Crippen LogP contribution in [0.25, 0.3) is 0 Å². The first-order valence-electron chi connectivity index (χ1n) is 4.39. The molecule has 1 aliphatic heterocycles. The fraction of sp³-hybridized carbons (Fsp3) is 0.625. The van der Waals surface area contributed by atoms with Crippen LogP contribution in [-0.2, 0) is 9.59 Å². The maximum absolute atomic E-state index is 11.1. The molecule has 0 spiro atoms. The number of carbonyl (C=O) groups excluding carboxylic acids is 3. The van der Waals surface area contributed by atoms with E-state index in [9.17, 15) is 14.4 Å². The van der Waals surface area contributed by atoms with E-state index in [1.165, 1.54) is 0 Å². The second-order valence-electron chi connectivity index (χ2n) is 3.42. The van der Waals surface area contributed by atoms with Crippen LogP contribution in [0.3, 0.4) is 0 Å². The highest BCUT2D eigenvalue weighted by atomic mass is 16.2. The molecule has 1 unspecified atom stereocenters. The minimum atomic E-state index is -0.648. The van der Waals surface area contributed by atoms with Crippen molar-refractivity contribution >= 4 is 17.8 Å². The van der Waals surface area contributed by atoms with Crippen LogP contribution in [0.1, 0.15) is 13.8 Å². The van der Waals surface area contributed by atoms with Gasteiger partial charge in [-0.15, -0.1) is 0 Å². The molecule has 6 heteroatoms. The normalized spacial score (nSPS) is 20.6. The molecule has 0 radical (unpaired) electrons. The Bertz CT molecular complexity index is 275. The van der Waals surface area contributed by atoms with E-state index < -0.39 is 18.0 Å². The lowest BCUT2D eigenvalue weighted by Gasteiger charge is -2.10. The van der Waals surface area contributed by atoms with E-state index in [2.05, 4.69) is 16.0 Å². The Morgan fingerprint density at radius 3 is 2.57 bits per heavy atom. The maximum Gasteiger partial charge on any atom is 0.322 e. The van der Waals surface area contributed by atoms with Crippen LogP contribution in [0.4, 0.5) is 4.79 Å². The largest absolute Gasteiger partial charge is 0.353 e. The zero-order valence-corrected chi connectivity index (χ0v) is 8.09. The van der Waals surface area contributed by atoms with Crippen LogP contribution in [0.15, 0.2) is 0 Å². The van der Waals surface area contributed by atoms with Gasteiger partial charge in [0.1, 0.15) is 6.04 Å². The molecule has 0 aromatic heterocycles. The molecule has 6 nitrogen and oxygen atoms in total. The van der Waals surface area contributed by atoms with E-state index in [1.54, 1.807) is 13.8 Å². The summed E-state index contributed by atoms with van der Waals surface area (Å²) in [5.74, 6) is -0.673. The van der Waals surface area contributed by atoms with E-state index in [1.807, 2.05) is 0 Å². The van der Waals surface area contributed by atoms with E-state index >= 15 is 0 Å². The average Bonchev–Trinajstić information content (AvgIpc) is 2.40. The van der Waals surface area contributed by atoms with Crippen LogP contribution >= 0.6 is 0 Å². The van der Waals surface area contributed by atoms with Crippen molar-refractivity contribution in [2.24, 2.45) is 5.92 Å². The summed E-state index contributed by atoms with van der Waals surface area (Å²) in [7, 11) is 0. The second-order valence-corrected chi connectivity index (χ2v) is 3.42. The zero-order valence-electron chi connectivity index (χ0n) is 8.09. The highest BCUT2D eigenvalue weighted by Gasteiger charge is 2.29. The standard InChI is InChI=1S/C8H13N3O3/c1-4(2)6(12)9-3-5-7(13)11-8(14)10-5/h4-5H,3H2,1-2H3,(H,9,12)(H2,10,11,13,14). The van der Waals surface area contributed by atoms with Crippen molar-refractivity contribution in [3.8, 4) is 0 Å². The first-order valence-corrected chi connectivity index (χ1v) is 4.39. The Balaban J connectivity index is 2.35. The molecule has 0 aromatic carbocycles. The van der Waals surface area contributed by atoms with Gasteiger partial charge in [-0.1, -0.05) is 13.8 Å². The molecule has 1 rings (SSSR count). The Morgan fingerprint density at radius 2 is 2.14 bits per heavy atom. The molecule has 3 N–H and O–H groups in total. The van der Waals surface area contributed by atoms with Crippen LogP contribution in [0.2, 0.25) is 0 Å². The molecular weight excluding hydrogens is 186 g/mol. The third-order valence-corrected chi connectivity index (χ3v) is 1.86. The Hall–Kier alpha value is -1.59. The predicted molar refractivity (Wildman–Crippen MR) is 48.3 cm³/mol. The summed E-state index contributed by atoms with van der Waals surface area (Å²) in [6, 6.07) is -1.16. The van der Waals surface area contributed by atoms with E-state index in [0.29, 0.717) is 0 Å². The summed E-state index contributed by atoms with van der Waals surface area (Å²) < 4.78 is 0. The predicted octanol–water partition coefficient (Wildman–Crippen LogP) is -1.03. The number of hydrogen-bond donors (Lipinski definition) is 3. The zero-order chi connectivity index (χ0) is 10.7. The minimum Gasteiger partial charge on any atom is -0.353 e. The van der Waals surface area contributed by atoms with Gasteiger partial charge in [-0.2, -0.15) is 0 Å². The van der Waals surface area contributed by atoms with Gasteiger partial charge >= 0.3 is 6.03 Å². The Morgan fingerprint density at radius 1 is 1.50 bits per heavy atom. The minimum absolute atomic E-state index is 0.129. The third-order valence-electron chi connectivity index (χ3n) is 1.86. The number of nitrogens with one attached hydrogen (secondary N) is 3. The SMILES string of the molecule is CC(C)C(=O)NCC1NC(=O)NC1=O. The molecular formula is C8H13N3O3. The summed E-state index contributed by atoms with van der Waals surface area (Å²) in [5.41, 5.74) is 0. The lowest BCUT2D eigenvalue weighted by molar-refractivity contribution is -0.124. The van der Waals surface area contributed by atoms with Crippen molar-refractivity contribution < 1.29 is 14.4 Å². The number of carbonyl (C=O) groups is 3. The molecule has 0 saturated carbocycles. The van der Waals surface area contributed by atoms with Gasteiger partial charge in [0.2, 0.25) is 5.91 Å². The van der Waals surface area contributed by atoms with E-state index in [4.69, 9.17) is 0 Å². The number of hydrogen-bond acceptors (Lipinski definition) is 3. The van der Waals surface area contributed by atoms with Crippen molar-refractivity contribution in [2.75, 3.05) is 6.54 Å². The van der Waals surface area contributed by atoms with Gasteiger partial charge in [-0.3, -0.25) is 14.9 Å². The quantitative estimate of drug-likeness (QED) is 0.508. The van der Waals surface area contributed by atoms with Gasteiger partial charge < -0.3 is 10.6 Å². The van der Waals surface area contributed by atoms with E-state index in [0.717, 1.165) is 0 Å². The summed E-state index contributed by atoms with van der Waals surface area (Å²) >= 11 is 0. The molecule has 1 saturated heterocycles. The van der Waals surface area contributed by atoms with Gasteiger partial charge in [-0.25, -0.2) is 4.79 Å². The van der Waals surface area contributed by atoms with Gasteiger partial charge in [0, 0.05) is 12.5 Å². The van der Waals surface area contributed by atoms with Crippen LogP contribution in [-0.4, -0.2) is 30.4 Å². The summed E-state index contributed by atoms with van der Waals surface area (Å²) in [5, 5.41) is 7.02. The van der Waals surface area contributed by atoms with Crippen molar-refractivity contribution in [3.05, 3.63) is 0 Å². The summed E-state index contributed by atoms with van der Waals surface area (Å²) in [4.78, 5) is 32.8. The highest BCUT2D eigenvalue weighted by Crippen LogP contribution is 1.94. The van der Waals surface area contributed by atoms with Gasteiger partial charge in [0.25, 0.3) is 5.91 Å². The topological polar surface area (TPSA) is 87.3 Å². The molecule has 1 fully saturated rings. The smallest absolute Gasteiger partial charge is 0.322 e. The van der Waals surface area contributed by atoms with Crippen molar-refractivity contribution in [1.29, 1.82) is 0 Å². The van der Waals surface area contributed by atoms with Crippen molar-refractivity contribution in [2.45, 2.75) is 19.9 Å². The number of amides is 4. The van der Waals surface area contributed by atoms with Gasteiger partial charge in [0.05, 0.1) is 0 Å². The fourth-order valence-electron chi connectivity index (χ4n) is 1.01. The highest BCUT2D eigenvalue weighted by molar-refractivity contribution is 6.04. The molecule has 0 aromatic rings. The summed E-state index contributed by atoms with van der Waals surface area (Å²) in [6.45, 7) is 3.64. The number of rotatable bonds is 3. The van der Waals surface area contributed by atoms with Crippen LogP contribution in [0, 0.1) is 5.92 Å². The van der Waals surface area contributed by atoms with Crippen molar-refractivity contribution in [1.82, 2.24) is 16.0 Å². The first kappa shape index (κ1) is 10.5. The van der Waals surface area contributed by atoms with Crippen molar-refractivity contribution in [3.63, 3.8) is 0 Å². The average molecular weight is 199 g/mol. The third kappa shape index (κ3) is 2.45. The lowest BCUT2D eigenvalue weighted by atomic mass is 10.2. The fourth-order valence-corrected chi connectivity index (χ4v) is 1.01. The number of urea groups is 1. The molecule has 14 heavy (non-hydrogen) atoms. The lowest BCUT2D eigenvalue weighted by Crippen LogP contribution is -2.42. The molecule has 0 bridgehead atoms. The van der Waals surface area contributed by atoms with Crippen LogP contribution in [0.5, 0.6) is 0 Å². The molecule has 4 amide bonds. The van der Waals surface area contributed by atoms with Gasteiger partial charge in [-0.05, 0) is 0 Å². The molecule has 1 atom stereocenters. The maximum atomic E-state index is 11.1. The molecule has 0 aliphatic carbocycles. The number of imide groups is 1. The molecule has 1 aliphatic rings. The molecule has 78 valence electrons. The Labute approximate surface area is 81.4 Å². The van der Waals surface area contributed by atoms with Gasteiger partial charge in [0.15, 0.2) is 0 Å². The molecule has 1 heterocycles. The second kappa shape index (κ2) is 4.08. The summed E-state index contributed by atoms with van der Waals surface area (Å²) in [6.07, 6.45) is 0. The van der Waals surface area contributed by atoms with Crippen LogP contribution < -0.4 is 16.0 Å². The Kier molecular flexibility index (Phi) is 3.06.